The number of nitrogens with one attached hydrogen (secondary N) is 6. The van der Waals surface area contributed by atoms with Crippen LogP contribution in [0.15, 0.2) is 105 Å². The van der Waals surface area contributed by atoms with Crippen LogP contribution in [0, 0.1) is 0 Å². The van der Waals surface area contributed by atoms with Crippen LogP contribution in [0.3, 0.4) is 0 Å². The maximum atomic E-state index is 13.8. The fourth-order valence-corrected chi connectivity index (χ4v) is 8.86. The third-order valence-electron chi connectivity index (χ3n) is 9.39. The molecule has 2 aromatic carbocycles. The van der Waals surface area contributed by atoms with Crippen molar-refractivity contribution >= 4 is 70.3 Å². The molecule has 7 rings (SSSR count). The molecule has 56 heavy (non-hydrogen) atoms. The molecule has 4 aromatic rings. The van der Waals surface area contributed by atoms with Crippen molar-refractivity contribution in [2.24, 2.45) is 0 Å². The molecule has 4 bridgehead atoms. The van der Waals surface area contributed by atoms with Crippen molar-refractivity contribution < 1.29 is 28.8 Å². The molecule has 288 valence electrons. The van der Waals surface area contributed by atoms with Gasteiger partial charge < -0.3 is 31.9 Å². The van der Waals surface area contributed by atoms with Gasteiger partial charge in [0.15, 0.2) is 0 Å². The zero-order chi connectivity index (χ0) is 39.3. The van der Waals surface area contributed by atoms with E-state index in [-0.39, 0.29) is 35.7 Å². The number of anilines is 2. The van der Waals surface area contributed by atoms with Gasteiger partial charge in [-0.05, 0) is 35.4 Å². The molecule has 3 aliphatic heterocycles. The molecule has 16 nitrogen and oxygen atoms in total. The minimum atomic E-state index is -1.16. The Morgan fingerprint density at radius 3 is 1.29 bits per heavy atom. The molecule has 6 amide bonds. The summed E-state index contributed by atoms with van der Waals surface area (Å²) in [6.07, 6.45) is 0.117. The quantitative estimate of drug-likeness (QED) is 0.169. The average molecular weight is 797 g/mol. The second kappa shape index (κ2) is 16.7. The number of amides is 6. The van der Waals surface area contributed by atoms with Gasteiger partial charge in [-0.2, -0.15) is 0 Å². The van der Waals surface area contributed by atoms with E-state index in [0.717, 1.165) is 11.1 Å². The van der Waals surface area contributed by atoms with Crippen molar-refractivity contribution in [1.29, 1.82) is 0 Å². The molecular weight excluding hydrogens is 761 g/mol. The Kier molecular flexibility index (Phi) is 11.4. The van der Waals surface area contributed by atoms with Gasteiger partial charge in [0.2, 0.25) is 35.4 Å². The first kappa shape index (κ1) is 38.1. The highest BCUT2D eigenvalue weighted by molar-refractivity contribution is 7.99. The Bertz CT molecular complexity index is 2170. The van der Waals surface area contributed by atoms with Gasteiger partial charge in [-0.15, -0.1) is 23.5 Å². The highest BCUT2D eigenvalue weighted by Gasteiger charge is 2.35. The van der Waals surface area contributed by atoms with E-state index in [0.29, 0.717) is 10.1 Å². The van der Waals surface area contributed by atoms with Gasteiger partial charge in [0, 0.05) is 24.3 Å². The van der Waals surface area contributed by atoms with Crippen molar-refractivity contribution in [3.05, 3.63) is 117 Å². The summed E-state index contributed by atoms with van der Waals surface area (Å²) in [5.74, 6) is -3.76. The Morgan fingerprint density at radius 1 is 0.500 bits per heavy atom. The number of carbonyl (C=O) groups is 6. The van der Waals surface area contributed by atoms with E-state index in [4.69, 9.17) is 0 Å². The Labute approximate surface area is 327 Å². The third-order valence-corrected chi connectivity index (χ3v) is 11.6. The molecule has 0 radical (unpaired) electrons. The number of rotatable bonds is 4. The van der Waals surface area contributed by atoms with E-state index in [1.807, 2.05) is 0 Å². The molecule has 0 saturated carbocycles. The topological polar surface area (TPSA) is 219 Å². The van der Waals surface area contributed by atoms with Crippen LogP contribution in [0.1, 0.15) is 23.2 Å². The van der Waals surface area contributed by atoms with Gasteiger partial charge in [0.05, 0.1) is 23.1 Å². The van der Waals surface area contributed by atoms with Gasteiger partial charge in [-0.3, -0.25) is 47.5 Å². The number of aromatic nitrogens is 2. The van der Waals surface area contributed by atoms with Gasteiger partial charge in [-0.25, -0.2) is 0 Å². The van der Waals surface area contributed by atoms with Crippen LogP contribution in [-0.4, -0.2) is 81.3 Å². The summed E-state index contributed by atoms with van der Waals surface area (Å²) in [4.78, 5) is 108. The highest BCUT2D eigenvalue weighted by atomic mass is 32.2. The minimum absolute atomic E-state index is 0.0585. The third kappa shape index (κ3) is 8.40. The predicted octanol–water partition coefficient (Wildman–Crippen LogP) is 0.582. The minimum Gasteiger partial charge on any atom is -0.345 e. The van der Waals surface area contributed by atoms with Crippen LogP contribution >= 0.6 is 23.5 Å². The van der Waals surface area contributed by atoms with E-state index >= 15 is 0 Å². The van der Waals surface area contributed by atoms with E-state index in [1.54, 1.807) is 72.8 Å². The van der Waals surface area contributed by atoms with Gasteiger partial charge in [0.1, 0.15) is 35.5 Å². The summed E-state index contributed by atoms with van der Waals surface area (Å²) < 4.78 is 2.48. The van der Waals surface area contributed by atoms with Crippen LogP contribution in [-0.2, 0) is 41.6 Å². The zero-order valence-electron chi connectivity index (χ0n) is 29.6. The number of carbonyl (C=O) groups excluding carboxylic acids is 6. The Balaban J connectivity index is 1.20. The smallest absolute Gasteiger partial charge is 0.275 e. The first-order valence-corrected chi connectivity index (χ1v) is 19.6. The molecule has 0 aliphatic carbocycles. The van der Waals surface area contributed by atoms with Gasteiger partial charge >= 0.3 is 0 Å². The molecule has 0 spiro atoms. The summed E-state index contributed by atoms with van der Waals surface area (Å²) in [5, 5.41) is 16.5. The first-order valence-electron chi connectivity index (χ1n) is 17.7. The summed E-state index contributed by atoms with van der Waals surface area (Å²) >= 11 is 2.50. The second-order valence-corrected chi connectivity index (χ2v) is 15.3. The largest absolute Gasteiger partial charge is 0.345 e. The lowest BCUT2D eigenvalue weighted by Gasteiger charge is -2.22. The van der Waals surface area contributed by atoms with Crippen molar-refractivity contribution in [2.75, 3.05) is 35.2 Å². The Hall–Kier alpha value is -6.14. The van der Waals surface area contributed by atoms with Crippen molar-refractivity contribution in [2.45, 2.75) is 47.1 Å². The molecule has 0 fully saturated rings. The molecule has 18 heteroatoms. The highest BCUT2D eigenvalue weighted by Crippen LogP contribution is 2.33. The summed E-state index contributed by atoms with van der Waals surface area (Å²) in [6, 6.07) is 19.4. The average Bonchev–Trinajstić information content (AvgIpc) is 3.84. The normalized spacial score (nSPS) is 21.8. The molecule has 3 aliphatic rings. The zero-order valence-corrected chi connectivity index (χ0v) is 31.2. The maximum absolute atomic E-state index is 13.8. The number of fused-ring (bicyclic) bond motifs is 2. The fraction of sp³-hybridized carbons (Fsp3) is 0.263. The number of benzene rings is 2. The second-order valence-electron chi connectivity index (χ2n) is 13.2. The fourth-order valence-electron chi connectivity index (χ4n) is 6.58. The van der Waals surface area contributed by atoms with Crippen LogP contribution in [0.4, 0.5) is 11.4 Å². The van der Waals surface area contributed by atoms with Crippen LogP contribution in [0.25, 0.3) is 0 Å². The summed E-state index contributed by atoms with van der Waals surface area (Å²) in [6.45, 7) is -1.11. The lowest BCUT2D eigenvalue weighted by molar-refractivity contribution is -0.131. The maximum Gasteiger partial charge on any atom is 0.275 e. The first-order chi connectivity index (χ1) is 27.0. The SMILES string of the molecule is O=C1CNC(=O)[C@@H](Cc2ccccc2)NC(=O)[C@@H]2CSc3ccc(c(=O)n32)NC(=O)CNC(=O)[C@H](Cc2ccccc2)NC(=O)[C@@H]2CSc3ccc(c(=O)n32)N1. The molecular formula is C38H36N8O8S2. The number of thioether (sulfide) groups is 2. The number of pyridine rings is 2. The van der Waals surface area contributed by atoms with Gasteiger partial charge in [0.25, 0.3) is 11.1 Å². The molecule has 6 N–H and O–H groups in total. The predicted molar refractivity (Wildman–Crippen MR) is 208 cm³/mol. The van der Waals surface area contributed by atoms with Crippen molar-refractivity contribution in [3.8, 4) is 0 Å². The van der Waals surface area contributed by atoms with E-state index in [1.165, 1.54) is 44.8 Å². The van der Waals surface area contributed by atoms with Gasteiger partial charge in [-0.1, -0.05) is 60.7 Å². The lowest BCUT2D eigenvalue weighted by atomic mass is 10.0. The molecule has 0 unspecified atom stereocenters. The van der Waals surface area contributed by atoms with E-state index in [2.05, 4.69) is 31.9 Å². The molecule has 2 aromatic heterocycles. The molecule has 4 atom stereocenters. The standard InChI is InChI=1S/C38H36N8O8S2/c47-29-17-39-33(49)25(15-21-7-3-1-4-8-21)43-35(51)27-19-55-31-13-11-23(37(53)45(27)31)42-30(48)18-40-34(50)26(16-22-9-5-2-6-10-22)44-36(52)28-20-56-32-14-12-24(41-29)38(54)46(28)32/h1-14,25-28H,15-20H2,(H,39,49)(H,40,50)(H,41,47)(H,42,48)(H,43,51)(H,44,52)/t25-,26+,27-,28-/m0/s1. The van der Waals surface area contributed by atoms with E-state index in [9.17, 15) is 38.4 Å². The summed E-state index contributed by atoms with van der Waals surface area (Å²) in [5.41, 5.74) is -0.162. The van der Waals surface area contributed by atoms with Crippen molar-refractivity contribution in [1.82, 2.24) is 30.4 Å². The summed E-state index contributed by atoms with van der Waals surface area (Å²) in [7, 11) is 0. The molecule has 0 saturated heterocycles. The number of hydrogen-bond acceptors (Lipinski definition) is 10. The number of hydrogen-bond donors (Lipinski definition) is 6. The number of nitrogens with zero attached hydrogens (tertiary/aromatic N) is 2. The van der Waals surface area contributed by atoms with Crippen LogP contribution in [0.5, 0.6) is 0 Å². The monoisotopic (exact) mass is 796 g/mol. The van der Waals surface area contributed by atoms with Crippen molar-refractivity contribution in [3.63, 3.8) is 0 Å². The Morgan fingerprint density at radius 2 is 0.893 bits per heavy atom. The van der Waals surface area contributed by atoms with E-state index < -0.39 is 83.8 Å². The molecule has 5 heterocycles. The lowest BCUT2D eigenvalue weighted by Crippen LogP contribution is -2.52. The van der Waals surface area contributed by atoms with Crippen LogP contribution in [0.2, 0.25) is 0 Å². The van der Waals surface area contributed by atoms with Crippen LogP contribution < -0.4 is 43.0 Å².